The number of nitrogens with two attached hydrogens (primary N) is 1. The Labute approximate surface area is 120 Å². The molecule has 0 spiro atoms. The zero-order valence-corrected chi connectivity index (χ0v) is 12.4. The van der Waals surface area contributed by atoms with Gasteiger partial charge < -0.3 is 20.5 Å². The van der Waals surface area contributed by atoms with E-state index >= 15 is 0 Å². The van der Waals surface area contributed by atoms with Crippen LogP contribution in [0, 0.1) is 0 Å². The highest BCUT2D eigenvalue weighted by molar-refractivity contribution is 5.76. The molecule has 1 atom stereocenters. The Balaban J connectivity index is 2.61. The molecule has 1 amide bonds. The Bertz CT molecular complexity index is 433. The first-order valence-corrected chi connectivity index (χ1v) is 6.88. The van der Waals surface area contributed by atoms with Crippen LogP contribution < -0.4 is 20.5 Å². The molecule has 0 radical (unpaired) electrons. The van der Waals surface area contributed by atoms with Crippen LogP contribution in [0.5, 0.6) is 11.5 Å². The van der Waals surface area contributed by atoms with Crippen LogP contribution in [0.15, 0.2) is 18.2 Å². The van der Waals surface area contributed by atoms with E-state index in [9.17, 15) is 4.79 Å². The van der Waals surface area contributed by atoms with Gasteiger partial charge in [-0.2, -0.15) is 0 Å². The molecular formula is C15H24N2O3. The first-order valence-electron chi connectivity index (χ1n) is 6.88. The summed E-state index contributed by atoms with van der Waals surface area (Å²) >= 11 is 0. The summed E-state index contributed by atoms with van der Waals surface area (Å²) < 4.78 is 10.9. The molecule has 1 rings (SSSR count). The summed E-state index contributed by atoms with van der Waals surface area (Å²) in [6, 6.07) is 5.52. The Kier molecular flexibility index (Phi) is 6.87. The lowest BCUT2D eigenvalue weighted by Crippen LogP contribution is -2.29. The predicted molar refractivity (Wildman–Crippen MR) is 78.9 cm³/mol. The monoisotopic (exact) mass is 280 g/mol. The Morgan fingerprint density at radius 2 is 2.15 bits per heavy atom. The van der Waals surface area contributed by atoms with E-state index in [1.54, 1.807) is 7.11 Å². The molecule has 5 nitrogen and oxygen atoms in total. The smallest absolute Gasteiger partial charge is 0.221 e. The molecule has 0 aliphatic heterocycles. The van der Waals surface area contributed by atoms with Crippen LogP contribution in [0.4, 0.5) is 0 Å². The fourth-order valence-electron chi connectivity index (χ4n) is 1.72. The second-order valence-corrected chi connectivity index (χ2v) is 4.79. The second-order valence-electron chi connectivity index (χ2n) is 4.79. The summed E-state index contributed by atoms with van der Waals surface area (Å²) in [7, 11) is 1.60. The molecule has 5 heteroatoms. The van der Waals surface area contributed by atoms with Gasteiger partial charge in [0.1, 0.15) is 0 Å². The number of hydrogen-bond donors (Lipinski definition) is 2. The van der Waals surface area contributed by atoms with Gasteiger partial charge in [0.05, 0.1) is 13.7 Å². The number of nitrogens with one attached hydrogen (secondary N) is 1. The van der Waals surface area contributed by atoms with Crippen molar-refractivity contribution in [1.29, 1.82) is 0 Å². The van der Waals surface area contributed by atoms with E-state index in [2.05, 4.69) is 12.2 Å². The molecule has 0 heterocycles. The van der Waals surface area contributed by atoms with Crippen LogP contribution in [0.3, 0.4) is 0 Å². The van der Waals surface area contributed by atoms with Crippen LogP contribution in [0.25, 0.3) is 0 Å². The standard InChI is InChI=1S/C15H24N2O3/c1-4-7-20-13-6-5-12(9-14(13)19-3)10-17-15(18)8-11(2)16/h5-6,9,11H,4,7-8,10,16H2,1-3H3,(H,17,18). The minimum atomic E-state index is -0.130. The SMILES string of the molecule is CCCOc1ccc(CNC(=O)CC(C)N)cc1OC. The molecule has 20 heavy (non-hydrogen) atoms. The van der Waals surface area contributed by atoms with Crippen molar-refractivity contribution in [3.63, 3.8) is 0 Å². The average molecular weight is 280 g/mol. The van der Waals surface area contributed by atoms with Crippen molar-refractivity contribution in [2.75, 3.05) is 13.7 Å². The van der Waals surface area contributed by atoms with Crippen molar-refractivity contribution in [3.8, 4) is 11.5 Å². The second kappa shape index (κ2) is 8.43. The number of amides is 1. The minimum Gasteiger partial charge on any atom is -0.493 e. The molecule has 0 bridgehead atoms. The number of methoxy groups -OCH3 is 1. The van der Waals surface area contributed by atoms with Crippen LogP contribution in [0.1, 0.15) is 32.3 Å². The van der Waals surface area contributed by atoms with E-state index in [4.69, 9.17) is 15.2 Å². The number of ether oxygens (including phenoxy) is 2. The van der Waals surface area contributed by atoms with Crippen molar-refractivity contribution in [2.45, 2.75) is 39.3 Å². The first-order chi connectivity index (χ1) is 9.56. The van der Waals surface area contributed by atoms with E-state index in [-0.39, 0.29) is 11.9 Å². The summed E-state index contributed by atoms with van der Waals surface area (Å²) in [5, 5.41) is 2.83. The van der Waals surface area contributed by atoms with Gasteiger partial charge in [-0.3, -0.25) is 4.79 Å². The van der Waals surface area contributed by atoms with E-state index < -0.39 is 0 Å². The number of carbonyl (C=O) groups excluding carboxylic acids is 1. The molecule has 1 unspecified atom stereocenters. The van der Waals surface area contributed by atoms with E-state index in [1.165, 1.54) is 0 Å². The number of rotatable bonds is 8. The lowest BCUT2D eigenvalue weighted by Gasteiger charge is -2.12. The van der Waals surface area contributed by atoms with Crippen molar-refractivity contribution >= 4 is 5.91 Å². The lowest BCUT2D eigenvalue weighted by atomic mass is 10.2. The van der Waals surface area contributed by atoms with E-state index in [0.717, 1.165) is 17.7 Å². The Hall–Kier alpha value is -1.75. The van der Waals surface area contributed by atoms with Gasteiger partial charge in [-0.15, -0.1) is 0 Å². The fraction of sp³-hybridized carbons (Fsp3) is 0.533. The van der Waals surface area contributed by atoms with Gasteiger partial charge in [0, 0.05) is 19.0 Å². The normalized spacial score (nSPS) is 11.8. The van der Waals surface area contributed by atoms with Crippen molar-refractivity contribution in [1.82, 2.24) is 5.32 Å². The van der Waals surface area contributed by atoms with E-state index in [0.29, 0.717) is 25.3 Å². The summed E-state index contributed by atoms with van der Waals surface area (Å²) in [5.74, 6) is 1.35. The highest BCUT2D eigenvalue weighted by atomic mass is 16.5. The maximum absolute atomic E-state index is 11.5. The van der Waals surface area contributed by atoms with Crippen LogP contribution in [0.2, 0.25) is 0 Å². The van der Waals surface area contributed by atoms with Gasteiger partial charge in [-0.1, -0.05) is 13.0 Å². The highest BCUT2D eigenvalue weighted by Gasteiger charge is 2.08. The quantitative estimate of drug-likeness (QED) is 0.762. The average Bonchev–Trinajstić information content (AvgIpc) is 2.42. The molecule has 0 saturated heterocycles. The van der Waals surface area contributed by atoms with E-state index in [1.807, 2.05) is 25.1 Å². The van der Waals surface area contributed by atoms with Crippen molar-refractivity contribution in [2.24, 2.45) is 5.73 Å². The molecular weight excluding hydrogens is 256 g/mol. The highest BCUT2D eigenvalue weighted by Crippen LogP contribution is 2.28. The lowest BCUT2D eigenvalue weighted by molar-refractivity contribution is -0.121. The largest absolute Gasteiger partial charge is 0.493 e. The maximum atomic E-state index is 11.5. The molecule has 0 aliphatic rings. The van der Waals surface area contributed by atoms with Gasteiger partial charge in [0.15, 0.2) is 11.5 Å². The first kappa shape index (κ1) is 16.3. The third-order valence-corrected chi connectivity index (χ3v) is 2.69. The van der Waals surface area contributed by atoms with Gasteiger partial charge >= 0.3 is 0 Å². The predicted octanol–water partition coefficient (Wildman–Crippen LogP) is 1.84. The van der Waals surface area contributed by atoms with Gasteiger partial charge in [0.25, 0.3) is 0 Å². The molecule has 1 aromatic carbocycles. The van der Waals surface area contributed by atoms with Crippen LogP contribution in [-0.4, -0.2) is 25.7 Å². The molecule has 0 saturated carbocycles. The number of hydrogen-bond acceptors (Lipinski definition) is 4. The third-order valence-electron chi connectivity index (χ3n) is 2.69. The van der Waals surface area contributed by atoms with Gasteiger partial charge in [0.2, 0.25) is 5.91 Å². The van der Waals surface area contributed by atoms with Gasteiger partial charge in [-0.05, 0) is 31.0 Å². The fourth-order valence-corrected chi connectivity index (χ4v) is 1.72. The Morgan fingerprint density at radius 3 is 2.75 bits per heavy atom. The van der Waals surface area contributed by atoms with Crippen molar-refractivity contribution in [3.05, 3.63) is 23.8 Å². The molecule has 0 aromatic heterocycles. The zero-order chi connectivity index (χ0) is 15.0. The minimum absolute atomic E-state index is 0.0507. The topological polar surface area (TPSA) is 73.6 Å². The van der Waals surface area contributed by atoms with Gasteiger partial charge in [-0.25, -0.2) is 0 Å². The summed E-state index contributed by atoms with van der Waals surface area (Å²) in [6.07, 6.45) is 1.27. The third kappa shape index (κ3) is 5.48. The van der Waals surface area contributed by atoms with Crippen LogP contribution in [-0.2, 0) is 11.3 Å². The maximum Gasteiger partial charge on any atom is 0.221 e. The zero-order valence-electron chi connectivity index (χ0n) is 12.4. The molecule has 0 fully saturated rings. The summed E-state index contributed by atoms with van der Waals surface area (Å²) in [4.78, 5) is 11.5. The molecule has 0 aliphatic carbocycles. The molecule has 3 N–H and O–H groups in total. The molecule has 1 aromatic rings. The number of carbonyl (C=O) groups is 1. The molecule has 112 valence electrons. The van der Waals surface area contributed by atoms with Crippen molar-refractivity contribution < 1.29 is 14.3 Å². The number of benzene rings is 1. The summed E-state index contributed by atoms with van der Waals surface area (Å²) in [5.41, 5.74) is 6.54. The summed E-state index contributed by atoms with van der Waals surface area (Å²) in [6.45, 7) is 4.97. The van der Waals surface area contributed by atoms with Crippen LogP contribution >= 0.6 is 0 Å². The Morgan fingerprint density at radius 1 is 1.40 bits per heavy atom.